The van der Waals surface area contributed by atoms with Gasteiger partial charge in [-0.15, -0.1) is 0 Å². The van der Waals surface area contributed by atoms with Crippen molar-refractivity contribution in [1.82, 2.24) is 20.3 Å². The highest BCUT2D eigenvalue weighted by Crippen LogP contribution is 2.24. The average molecular weight is 420 g/mol. The average Bonchev–Trinajstić information content (AvgIpc) is 3.45. The standard InChI is InChI=1S/C20H29N5O3S/c1-21-20(23-14-16-7-9-17(10-8-16)29(26,27)22-2)24-15-18(19-6-5-13-28-19)25-11-3-4-12-25/h5-10,13,18,22H,3-4,11-12,14-15H2,1-2H3,(H2,21,23,24). The first kappa shape index (κ1) is 21.4. The summed E-state index contributed by atoms with van der Waals surface area (Å²) in [5.74, 6) is 1.64. The van der Waals surface area contributed by atoms with Gasteiger partial charge in [0.15, 0.2) is 5.96 Å². The van der Waals surface area contributed by atoms with Crippen molar-refractivity contribution in [3.63, 3.8) is 0 Å². The maximum absolute atomic E-state index is 11.8. The maximum Gasteiger partial charge on any atom is 0.240 e. The molecule has 1 aliphatic rings. The van der Waals surface area contributed by atoms with Crippen LogP contribution in [-0.2, 0) is 16.6 Å². The molecule has 9 heteroatoms. The summed E-state index contributed by atoms with van der Waals surface area (Å²) < 4.78 is 31.6. The van der Waals surface area contributed by atoms with Crippen LogP contribution in [0, 0.1) is 0 Å². The number of guanidine groups is 1. The zero-order valence-electron chi connectivity index (χ0n) is 16.9. The molecule has 0 spiro atoms. The Bertz CT molecular complexity index is 889. The fourth-order valence-electron chi connectivity index (χ4n) is 3.45. The van der Waals surface area contributed by atoms with Crippen molar-refractivity contribution < 1.29 is 12.8 Å². The molecule has 0 aliphatic carbocycles. The Morgan fingerprint density at radius 3 is 2.48 bits per heavy atom. The van der Waals surface area contributed by atoms with E-state index in [9.17, 15) is 8.42 Å². The molecular weight excluding hydrogens is 390 g/mol. The van der Waals surface area contributed by atoms with Crippen LogP contribution in [0.2, 0.25) is 0 Å². The summed E-state index contributed by atoms with van der Waals surface area (Å²) in [5.41, 5.74) is 0.963. The van der Waals surface area contributed by atoms with Gasteiger partial charge in [-0.3, -0.25) is 9.89 Å². The second-order valence-corrected chi connectivity index (χ2v) is 8.82. The van der Waals surface area contributed by atoms with Crippen LogP contribution in [0.15, 0.2) is 57.0 Å². The van der Waals surface area contributed by atoms with Crippen LogP contribution in [0.25, 0.3) is 0 Å². The summed E-state index contributed by atoms with van der Waals surface area (Å²) in [4.78, 5) is 6.97. The summed E-state index contributed by atoms with van der Waals surface area (Å²) >= 11 is 0. The van der Waals surface area contributed by atoms with Crippen molar-refractivity contribution in [3.05, 3.63) is 54.0 Å². The molecule has 1 aromatic carbocycles. The van der Waals surface area contributed by atoms with Crippen LogP contribution in [-0.4, -0.2) is 53.0 Å². The van der Waals surface area contributed by atoms with Crippen molar-refractivity contribution in [2.45, 2.75) is 30.3 Å². The molecule has 0 bridgehead atoms. The van der Waals surface area contributed by atoms with Crippen LogP contribution in [0.5, 0.6) is 0 Å². The van der Waals surface area contributed by atoms with E-state index in [0.29, 0.717) is 19.0 Å². The lowest BCUT2D eigenvalue weighted by Crippen LogP contribution is -2.42. The zero-order chi connectivity index (χ0) is 20.7. The Hall–Kier alpha value is -2.36. The predicted octanol–water partition coefficient (Wildman–Crippen LogP) is 1.69. The summed E-state index contributed by atoms with van der Waals surface area (Å²) in [6, 6.07) is 10.9. The molecule has 2 heterocycles. The first-order chi connectivity index (χ1) is 14.0. The molecule has 0 saturated carbocycles. The minimum Gasteiger partial charge on any atom is -0.468 e. The molecule has 1 aromatic heterocycles. The maximum atomic E-state index is 11.8. The highest BCUT2D eigenvalue weighted by Gasteiger charge is 2.25. The van der Waals surface area contributed by atoms with E-state index < -0.39 is 10.0 Å². The number of benzene rings is 1. The molecule has 0 amide bonds. The number of sulfonamides is 1. The number of hydrogen-bond acceptors (Lipinski definition) is 5. The largest absolute Gasteiger partial charge is 0.468 e. The van der Waals surface area contributed by atoms with E-state index >= 15 is 0 Å². The molecular formula is C20H29N5O3S. The molecule has 158 valence electrons. The van der Waals surface area contributed by atoms with Gasteiger partial charge in [-0.05, 0) is 62.8 Å². The topological polar surface area (TPSA) is 99.0 Å². The van der Waals surface area contributed by atoms with E-state index in [0.717, 1.165) is 24.4 Å². The van der Waals surface area contributed by atoms with E-state index in [1.807, 2.05) is 12.1 Å². The van der Waals surface area contributed by atoms with Crippen molar-refractivity contribution >= 4 is 16.0 Å². The van der Waals surface area contributed by atoms with Crippen molar-refractivity contribution in [2.75, 3.05) is 33.7 Å². The van der Waals surface area contributed by atoms with Crippen molar-refractivity contribution in [2.24, 2.45) is 4.99 Å². The van der Waals surface area contributed by atoms with Crippen LogP contribution >= 0.6 is 0 Å². The third kappa shape index (κ3) is 5.59. The molecule has 29 heavy (non-hydrogen) atoms. The summed E-state index contributed by atoms with van der Waals surface area (Å²) in [6.07, 6.45) is 4.14. The Labute approximate surface area is 172 Å². The van der Waals surface area contributed by atoms with Gasteiger partial charge in [-0.25, -0.2) is 13.1 Å². The van der Waals surface area contributed by atoms with Crippen LogP contribution in [0.4, 0.5) is 0 Å². The van der Waals surface area contributed by atoms with Gasteiger partial charge in [-0.2, -0.15) is 0 Å². The number of rotatable bonds is 8. The van der Waals surface area contributed by atoms with Gasteiger partial charge < -0.3 is 15.1 Å². The molecule has 0 radical (unpaired) electrons. The van der Waals surface area contributed by atoms with Crippen LogP contribution in [0.1, 0.15) is 30.2 Å². The number of nitrogens with one attached hydrogen (secondary N) is 3. The van der Waals surface area contributed by atoms with Gasteiger partial charge in [-0.1, -0.05) is 12.1 Å². The summed E-state index contributed by atoms with van der Waals surface area (Å²) in [7, 11) is -0.286. The highest BCUT2D eigenvalue weighted by molar-refractivity contribution is 7.89. The summed E-state index contributed by atoms with van der Waals surface area (Å²) in [5, 5.41) is 6.65. The van der Waals surface area contributed by atoms with Crippen molar-refractivity contribution in [3.8, 4) is 0 Å². The second-order valence-electron chi connectivity index (χ2n) is 6.93. The third-order valence-corrected chi connectivity index (χ3v) is 6.53. The molecule has 1 atom stereocenters. The van der Waals surface area contributed by atoms with E-state index in [1.54, 1.807) is 37.6 Å². The molecule has 1 aliphatic heterocycles. The Balaban J connectivity index is 1.56. The molecule has 1 saturated heterocycles. The van der Waals surface area contributed by atoms with Gasteiger partial charge in [0.2, 0.25) is 10.0 Å². The molecule has 3 N–H and O–H groups in total. The van der Waals surface area contributed by atoms with Crippen molar-refractivity contribution in [1.29, 1.82) is 0 Å². The highest BCUT2D eigenvalue weighted by atomic mass is 32.2. The fourth-order valence-corrected chi connectivity index (χ4v) is 4.18. The lowest BCUT2D eigenvalue weighted by Gasteiger charge is -2.26. The fraction of sp³-hybridized carbons (Fsp3) is 0.450. The van der Waals surface area contributed by atoms with Crippen LogP contribution < -0.4 is 15.4 Å². The van der Waals surface area contributed by atoms with E-state index in [4.69, 9.17) is 4.42 Å². The number of furan rings is 1. The summed E-state index contributed by atoms with van der Waals surface area (Å²) in [6.45, 7) is 3.36. The smallest absolute Gasteiger partial charge is 0.240 e. The minimum absolute atomic E-state index is 0.164. The van der Waals surface area contributed by atoms with E-state index in [1.165, 1.54) is 19.9 Å². The molecule has 1 unspecified atom stereocenters. The van der Waals surface area contributed by atoms with Gasteiger partial charge in [0, 0.05) is 20.1 Å². The van der Waals surface area contributed by atoms with Gasteiger partial charge in [0.05, 0.1) is 17.2 Å². The quantitative estimate of drug-likeness (QED) is 0.445. The number of nitrogens with zero attached hydrogens (tertiary/aromatic N) is 2. The first-order valence-corrected chi connectivity index (χ1v) is 11.3. The lowest BCUT2D eigenvalue weighted by molar-refractivity contribution is 0.215. The number of hydrogen-bond donors (Lipinski definition) is 3. The number of likely N-dealkylation sites (tertiary alicyclic amines) is 1. The third-order valence-electron chi connectivity index (χ3n) is 5.10. The normalized spacial score (nSPS) is 16.7. The molecule has 2 aromatic rings. The van der Waals surface area contributed by atoms with E-state index in [-0.39, 0.29) is 10.9 Å². The van der Waals surface area contributed by atoms with Crippen LogP contribution in [0.3, 0.4) is 0 Å². The van der Waals surface area contributed by atoms with Gasteiger partial charge in [0.1, 0.15) is 5.76 Å². The van der Waals surface area contributed by atoms with Gasteiger partial charge >= 0.3 is 0 Å². The van der Waals surface area contributed by atoms with E-state index in [2.05, 4.69) is 25.2 Å². The Morgan fingerprint density at radius 1 is 1.17 bits per heavy atom. The molecule has 8 nitrogen and oxygen atoms in total. The number of aliphatic imine (C=N–C) groups is 1. The predicted molar refractivity (Wildman–Crippen MR) is 113 cm³/mol. The second kappa shape index (κ2) is 9.91. The SMILES string of the molecule is CN=C(NCc1ccc(S(=O)(=O)NC)cc1)NCC(c1ccco1)N1CCCC1. The first-order valence-electron chi connectivity index (χ1n) is 9.78. The van der Waals surface area contributed by atoms with Gasteiger partial charge in [0.25, 0.3) is 0 Å². The Kier molecular flexibility index (Phi) is 7.29. The molecule has 3 rings (SSSR count). The Morgan fingerprint density at radius 2 is 1.90 bits per heavy atom. The minimum atomic E-state index is -3.42. The monoisotopic (exact) mass is 419 g/mol. The lowest BCUT2D eigenvalue weighted by atomic mass is 10.2. The zero-order valence-corrected chi connectivity index (χ0v) is 17.7. The molecule has 1 fully saturated rings.